The second-order valence-electron chi connectivity index (χ2n) is 4.48. The van der Waals surface area contributed by atoms with Crippen molar-refractivity contribution in [1.82, 2.24) is 9.88 Å². The first-order chi connectivity index (χ1) is 8.02. The van der Waals surface area contributed by atoms with E-state index in [4.69, 9.17) is 5.73 Å². The topological polar surface area (TPSA) is 62.1 Å². The maximum atomic E-state index is 11.5. The van der Waals surface area contributed by atoms with E-state index in [0.717, 1.165) is 16.5 Å². The summed E-state index contributed by atoms with van der Waals surface area (Å²) in [5.41, 5.74) is 8.04. The molecule has 0 aliphatic carbocycles. The smallest absolute Gasteiger partial charge is 0.249 e. The molecule has 4 heteroatoms. The lowest BCUT2D eigenvalue weighted by Crippen LogP contribution is -2.17. The highest BCUT2D eigenvalue weighted by Gasteiger charge is 2.17. The second-order valence-corrected chi connectivity index (χ2v) is 4.48. The molecular weight excluding hydrogens is 214 g/mol. The van der Waals surface area contributed by atoms with Gasteiger partial charge in [-0.2, -0.15) is 0 Å². The lowest BCUT2D eigenvalue weighted by Gasteiger charge is -2.19. The number of carbonyl (C=O) groups excluding carboxylic acids is 1. The Morgan fingerprint density at radius 3 is 2.71 bits per heavy atom. The Labute approximate surface area is 100 Å². The zero-order chi connectivity index (χ0) is 12.6. The summed E-state index contributed by atoms with van der Waals surface area (Å²) < 4.78 is 0. The van der Waals surface area contributed by atoms with Crippen LogP contribution in [0.15, 0.2) is 24.4 Å². The summed E-state index contributed by atoms with van der Waals surface area (Å²) in [6, 6.07) is 5.78. The number of benzene rings is 1. The van der Waals surface area contributed by atoms with Crippen molar-refractivity contribution in [2.75, 3.05) is 14.1 Å². The first kappa shape index (κ1) is 11.7. The fraction of sp³-hybridized carbons (Fsp3) is 0.308. The molecule has 90 valence electrons. The average molecular weight is 231 g/mol. The van der Waals surface area contributed by atoms with Crippen molar-refractivity contribution in [3.8, 4) is 0 Å². The number of nitrogens with one attached hydrogen (secondary N) is 1. The molecule has 2 aromatic rings. The summed E-state index contributed by atoms with van der Waals surface area (Å²) in [5.74, 6) is -0.387. The molecule has 0 radical (unpaired) electrons. The largest absolute Gasteiger partial charge is 0.366 e. The van der Waals surface area contributed by atoms with Crippen LogP contribution in [0.4, 0.5) is 0 Å². The van der Waals surface area contributed by atoms with Gasteiger partial charge in [0.2, 0.25) is 5.91 Å². The van der Waals surface area contributed by atoms with E-state index in [1.54, 1.807) is 6.07 Å². The number of fused-ring (bicyclic) bond motifs is 1. The molecule has 1 heterocycles. The summed E-state index contributed by atoms with van der Waals surface area (Å²) in [5, 5.41) is 0.932. The van der Waals surface area contributed by atoms with Gasteiger partial charge in [0.25, 0.3) is 0 Å². The van der Waals surface area contributed by atoms with Crippen molar-refractivity contribution in [3.63, 3.8) is 0 Å². The fourth-order valence-corrected chi connectivity index (χ4v) is 2.02. The van der Waals surface area contributed by atoms with E-state index < -0.39 is 0 Å². The molecule has 0 bridgehead atoms. The van der Waals surface area contributed by atoms with Crippen LogP contribution in [0, 0.1) is 0 Å². The van der Waals surface area contributed by atoms with Crippen LogP contribution in [0.3, 0.4) is 0 Å². The lowest BCUT2D eigenvalue weighted by molar-refractivity contribution is 0.100. The average Bonchev–Trinajstić information content (AvgIpc) is 2.70. The first-order valence-electron chi connectivity index (χ1n) is 5.58. The van der Waals surface area contributed by atoms with Crippen LogP contribution in [-0.2, 0) is 0 Å². The summed E-state index contributed by atoms with van der Waals surface area (Å²) in [6.45, 7) is 2.10. The minimum absolute atomic E-state index is 0.226. The number of amides is 1. The quantitative estimate of drug-likeness (QED) is 0.847. The third-order valence-corrected chi connectivity index (χ3v) is 3.23. The Kier molecular flexibility index (Phi) is 2.90. The lowest BCUT2D eigenvalue weighted by atomic mass is 10.0. The normalized spacial score (nSPS) is 13.2. The van der Waals surface area contributed by atoms with E-state index in [2.05, 4.69) is 16.8 Å². The van der Waals surface area contributed by atoms with Crippen molar-refractivity contribution in [2.24, 2.45) is 5.73 Å². The van der Waals surface area contributed by atoms with E-state index in [0.29, 0.717) is 5.56 Å². The van der Waals surface area contributed by atoms with E-state index in [9.17, 15) is 4.79 Å². The molecule has 1 aromatic carbocycles. The molecule has 0 saturated carbocycles. The second kappa shape index (κ2) is 4.22. The van der Waals surface area contributed by atoms with Gasteiger partial charge in [0.05, 0.1) is 0 Å². The van der Waals surface area contributed by atoms with Gasteiger partial charge in [0, 0.05) is 28.7 Å². The van der Waals surface area contributed by atoms with Gasteiger partial charge < -0.3 is 15.6 Å². The number of aromatic amines is 1. The van der Waals surface area contributed by atoms with Crippen LogP contribution in [-0.4, -0.2) is 29.9 Å². The van der Waals surface area contributed by atoms with Gasteiger partial charge in [-0.15, -0.1) is 0 Å². The highest BCUT2D eigenvalue weighted by atomic mass is 16.1. The van der Waals surface area contributed by atoms with Crippen LogP contribution in [0.5, 0.6) is 0 Å². The molecule has 1 atom stereocenters. The third kappa shape index (κ3) is 1.91. The van der Waals surface area contributed by atoms with Crippen LogP contribution >= 0.6 is 0 Å². The van der Waals surface area contributed by atoms with Gasteiger partial charge in [-0.05, 0) is 38.7 Å². The summed E-state index contributed by atoms with van der Waals surface area (Å²) in [6.07, 6.45) is 1.95. The third-order valence-electron chi connectivity index (χ3n) is 3.23. The summed E-state index contributed by atoms with van der Waals surface area (Å²) in [4.78, 5) is 16.7. The minimum Gasteiger partial charge on any atom is -0.366 e. The van der Waals surface area contributed by atoms with Crippen LogP contribution < -0.4 is 5.73 Å². The Balaban J connectivity index is 2.69. The fourth-order valence-electron chi connectivity index (χ4n) is 2.02. The Morgan fingerprint density at radius 1 is 1.41 bits per heavy atom. The number of nitrogens with zero attached hydrogens (tertiary/aromatic N) is 1. The molecule has 0 spiro atoms. The number of hydrogen-bond acceptors (Lipinski definition) is 2. The van der Waals surface area contributed by atoms with Gasteiger partial charge in [-0.1, -0.05) is 6.07 Å². The summed E-state index contributed by atoms with van der Waals surface area (Å²) >= 11 is 0. The van der Waals surface area contributed by atoms with Gasteiger partial charge >= 0.3 is 0 Å². The van der Waals surface area contributed by atoms with Gasteiger partial charge in [0.15, 0.2) is 0 Å². The Hall–Kier alpha value is -1.81. The number of hydrogen-bond donors (Lipinski definition) is 2. The molecule has 0 saturated heterocycles. The molecule has 0 aliphatic rings. The van der Waals surface area contributed by atoms with E-state index in [-0.39, 0.29) is 11.9 Å². The van der Waals surface area contributed by atoms with Gasteiger partial charge in [-0.3, -0.25) is 4.79 Å². The van der Waals surface area contributed by atoms with E-state index >= 15 is 0 Å². The molecule has 4 nitrogen and oxygen atoms in total. The molecule has 2 rings (SSSR count). The van der Waals surface area contributed by atoms with E-state index in [1.807, 2.05) is 32.4 Å². The predicted molar refractivity (Wildman–Crippen MR) is 68.9 cm³/mol. The molecular formula is C13H17N3O. The number of carbonyl (C=O) groups is 1. The van der Waals surface area contributed by atoms with Crippen LogP contribution in [0.1, 0.15) is 28.9 Å². The number of H-pyrrole nitrogens is 1. The van der Waals surface area contributed by atoms with Crippen molar-refractivity contribution in [3.05, 3.63) is 35.5 Å². The molecule has 1 unspecified atom stereocenters. The summed E-state index contributed by atoms with van der Waals surface area (Å²) in [7, 11) is 4.02. The van der Waals surface area contributed by atoms with Gasteiger partial charge in [-0.25, -0.2) is 0 Å². The number of nitrogens with two attached hydrogens (primary N) is 1. The Morgan fingerprint density at radius 2 is 2.12 bits per heavy atom. The zero-order valence-electron chi connectivity index (χ0n) is 10.3. The molecule has 1 amide bonds. The minimum atomic E-state index is -0.387. The first-order valence-corrected chi connectivity index (χ1v) is 5.58. The van der Waals surface area contributed by atoms with Crippen molar-refractivity contribution < 1.29 is 4.79 Å². The van der Waals surface area contributed by atoms with Gasteiger partial charge in [0.1, 0.15) is 0 Å². The SMILES string of the molecule is CC(c1c[nH]c2cccc(C(N)=O)c12)N(C)C. The van der Waals surface area contributed by atoms with Crippen molar-refractivity contribution >= 4 is 16.8 Å². The highest BCUT2D eigenvalue weighted by Crippen LogP contribution is 2.29. The van der Waals surface area contributed by atoms with Crippen LogP contribution in [0.25, 0.3) is 10.9 Å². The monoisotopic (exact) mass is 231 g/mol. The number of rotatable bonds is 3. The molecule has 17 heavy (non-hydrogen) atoms. The molecule has 3 N–H and O–H groups in total. The van der Waals surface area contributed by atoms with Crippen molar-refractivity contribution in [2.45, 2.75) is 13.0 Å². The van der Waals surface area contributed by atoms with E-state index in [1.165, 1.54) is 0 Å². The molecule has 1 aromatic heterocycles. The Bertz CT molecular complexity index is 557. The predicted octanol–water partition coefficient (Wildman–Crippen LogP) is 1.89. The standard InChI is InChI=1S/C13H17N3O/c1-8(16(2)3)10-7-15-11-6-4-5-9(12(10)11)13(14)17/h4-8,15H,1-3H3,(H2,14,17). The van der Waals surface area contributed by atoms with Crippen LogP contribution in [0.2, 0.25) is 0 Å². The number of aromatic nitrogens is 1. The molecule has 0 aliphatic heterocycles. The zero-order valence-corrected chi connectivity index (χ0v) is 10.3. The molecule has 0 fully saturated rings. The number of primary amides is 1. The maximum absolute atomic E-state index is 11.5. The maximum Gasteiger partial charge on any atom is 0.249 e. The van der Waals surface area contributed by atoms with Crippen molar-refractivity contribution in [1.29, 1.82) is 0 Å². The highest BCUT2D eigenvalue weighted by molar-refractivity contribution is 6.07.